The lowest BCUT2D eigenvalue weighted by Crippen LogP contribution is -2.48. The first-order valence-electron chi connectivity index (χ1n) is 5.85. The number of nitrogens with zero attached hydrogens (tertiary/aromatic N) is 2. The van der Waals surface area contributed by atoms with Gasteiger partial charge in [0.05, 0.1) is 6.17 Å². The van der Waals surface area contributed by atoms with Crippen LogP contribution in [0.1, 0.15) is 16.6 Å². The first-order chi connectivity index (χ1) is 7.70. The van der Waals surface area contributed by atoms with E-state index in [0.717, 1.165) is 26.2 Å². The minimum Gasteiger partial charge on any atom is -0.314 e. The van der Waals surface area contributed by atoms with Crippen LogP contribution in [0.3, 0.4) is 0 Å². The van der Waals surface area contributed by atoms with Gasteiger partial charge in [0.2, 0.25) is 0 Å². The number of aryl methyl sites for hydroxylation is 1. The van der Waals surface area contributed by atoms with Gasteiger partial charge in [-0.2, -0.15) is 0 Å². The molecule has 1 unspecified atom stereocenters. The fourth-order valence-electron chi connectivity index (χ4n) is 2.30. The lowest BCUT2D eigenvalue weighted by Gasteiger charge is -2.38. The Hall–Kier alpha value is -0.420. The number of thiophene rings is 1. The van der Waals surface area contributed by atoms with Gasteiger partial charge in [0, 0.05) is 31.1 Å². The average molecular weight is 239 g/mol. The molecule has 0 amide bonds. The van der Waals surface area contributed by atoms with Crippen molar-refractivity contribution in [3.05, 3.63) is 21.9 Å². The molecule has 0 saturated carbocycles. The minimum absolute atomic E-state index is 0.446. The summed E-state index contributed by atoms with van der Waals surface area (Å²) < 4.78 is 0. The Bertz CT molecular complexity index is 329. The van der Waals surface area contributed by atoms with Crippen molar-refractivity contribution < 1.29 is 0 Å². The number of hydrogen-bond donors (Lipinski definition) is 1. The van der Waals surface area contributed by atoms with Gasteiger partial charge in [0.25, 0.3) is 0 Å². The monoisotopic (exact) mass is 239 g/mol. The molecule has 1 aliphatic heterocycles. The van der Waals surface area contributed by atoms with Gasteiger partial charge in [-0.15, -0.1) is 11.3 Å². The van der Waals surface area contributed by atoms with Crippen molar-refractivity contribution in [2.45, 2.75) is 13.1 Å². The van der Waals surface area contributed by atoms with Crippen molar-refractivity contribution in [1.82, 2.24) is 15.1 Å². The van der Waals surface area contributed by atoms with Gasteiger partial charge in [0.15, 0.2) is 0 Å². The molecule has 0 spiro atoms. The lowest BCUT2D eigenvalue weighted by atomic mass is 10.2. The second-order valence-corrected chi connectivity index (χ2v) is 5.54. The molecule has 1 fully saturated rings. The number of piperazine rings is 1. The molecule has 1 saturated heterocycles. The highest BCUT2D eigenvalue weighted by atomic mass is 32.1. The van der Waals surface area contributed by atoms with Crippen LogP contribution in [0.2, 0.25) is 0 Å². The molecule has 1 aliphatic rings. The van der Waals surface area contributed by atoms with E-state index in [0.29, 0.717) is 6.17 Å². The maximum absolute atomic E-state index is 3.41. The van der Waals surface area contributed by atoms with Gasteiger partial charge in [-0.3, -0.25) is 9.80 Å². The highest BCUT2D eigenvalue weighted by molar-refractivity contribution is 7.10. The van der Waals surface area contributed by atoms with Crippen LogP contribution in [0.5, 0.6) is 0 Å². The van der Waals surface area contributed by atoms with Crippen LogP contribution in [-0.2, 0) is 0 Å². The van der Waals surface area contributed by atoms with Gasteiger partial charge >= 0.3 is 0 Å². The SMILES string of the molecule is Cc1ccsc1C(N(C)C)N1CCNCC1. The van der Waals surface area contributed by atoms with Gasteiger partial charge in [0.1, 0.15) is 0 Å². The fraction of sp³-hybridized carbons (Fsp3) is 0.667. The standard InChI is InChI=1S/C12H21N3S/c1-10-4-9-16-11(10)12(14(2)3)15-7-5-13-6-8-15/h4,9,12-13H,5-8H2,1-3H3. The number of hydrogen-bond acceptors (Lipinski definition) is 4. The van der Waals surface area contributed by atoms with Gasteiger partial charge in [-0.05, 0) is 38.0 Å². The second-order valence-electron chi connectivity index (χ2n) is 4.59. The predicted molar refractivity (Wildman–Crippen MR) is 69.9 cm³/mol. The summed E-state index contributed by atoms with van der Waals surface area (Å²) in [5.74, 6) is 0. The fourth-order valence-corrected chi connectivity index (χ4v) is 3.46. The van der Waals surface area contributed by atoms with Crippen LogP contribution >= 0.6 is 11.3 Å². The summed E-state index contributed by atoms with van der Waals surface area (Å²) in [7, 11) is 4.34. The van der Waals surface area contributed by atoms with E-state index in [2.05, 4.69) is 47.6 Å². The topological polar surface area (TPSA) is 18.5 Å². The summed E-state index contributed by atoms with van der Waals surface area (Å²) in [5.41, 5.74) is 1.42. The number of nitrogens with one attached hydrogen (secondary N) is 1. The quantitative estimate of drug-likeness (QED) is 0.863. The van der Waals surface area contributed by atoms with E-state index in [1.807, 2.05) is 11.3 Å². The zero-order chi connectivity index (χ0) is 11.5. The Morgan fingerprint density at radius 1 is 1.38 bits per heavy atom. The minimum atomic E-state index is 0.446. The first-order valence-corrected chi connectivity index (χ1v) is 6.73. The summed E-state index contributed by atoms with van der Waals surface area (Å²) >= 11 is 1.88. The molecule has 4 heteroatoms. The molecule has 16 heavy (non-hydrogen) atoms. The summed E-state index contributed by atoms with van der Waals surface area (Å²) in [5, 5.41) is 5.61. The zero-order valence-electron chi connectivity index (χ0n) is 10.4. The maximum Gasteiger partial charge on any atom is 0.0979 e. The Labute approximate surface area is 102 Å². The van der Waals surface area contributed by atoms with E-state index in [-0.39, 0.29) is 0 Å². The highest BCUT2D eigenvalue weighted by Crippen LogP contribution is 2.30. The molecule has 0 aromatic carbocycles. The molecule has 1 aromatic heterocycles. The van der Waals surface area contributed by atoms with E-state index in [9.17, 15) is 0 Å². The van der Waals surface area contributed by atoms with E-state index < -0.39 is 0 Å². The molecule has 1 aromatic rings. The lowest BCUT2D eigenvalue weighted by molar-refractivity contribution is 0.0695. The largest absolute Gasteiger partial charge is 0.314 e. The molecule has 3 nitrogen and oxygen atoms in total. The van der Waals surface area contributed by atoms with Gasteiger partial charge in [-0.25, -0.2) is 0 Å². The van der Waals surface area contributed by atoms with Crippen molar-refractivity contribution in [2.24, 2.45) is 0 Å². The van der Waals surface area contributed by atoms with E-state index >= 15 is 0 Å². The third-order valence-electron chi connectivity index (χ3n) is 3.12. The van der Waals surface area contributed by atoms with Crippen molar-refractivity contribution in [1.29, 1.82) is 0 Å². The third-order valence-corrected chi connectivity index (χ3v) is 4.18. The molecule has 90 valence electrons. The van der Waals surface area contributed by atoms with Crippen LogP contribution in [0.15, 0.2) is 11.4 Å². The smallest absolute Gasteiger partial charge is 0.0979 e. The van der Waals surface area contributed by atoms with Crippen LogP contribution < -0.4 is 5.32 Å². The average Bonchev–Trinajstić information content (AvgIpc) is 2.66. The van der Waals surface area contributed by atoms with Crippen molar-refractivity contribution >= 4 is 11.3 Å². The molecular weight excluding hydrogens is 218 g/mol. The second kappa shape index (κ2) is 5.27. The molecule has 0 aliphatic carbocycles. The first kappa shape index (κ1) is 12.0. The molecule has 1 atom stereocenters. The predicted octanol–water partition coefficient (Wildman–Crippen LogP) is 1.52. The summed E-state index contributed by atoms with van der Waals surface area (Å²) in [6.07, 6.45) is 0.446. The van der Waals surface area contributed by atoms with E-state index in [4.69, 9.17) is 0 Å². The summed E-state index contributed by atoms with van der Waals surface area (Å²) in [6, 6.07) is 2.22. The Kier molecular flexibility index (Phi) is 3.97. The van der Waals surface area contributed by atoms with Crippen molar-refractivity contribution in [2.75, 3.05) is 40.3 Å². The Morgan fingerprint density at radius 3 is 2.56 bits per heavy atom. The van der Waals surface area contributed by atoms with Gasteiger partial charge in [-0.1, -0.05) is 0 Å². The van der Waals surface area contributed by atoms with Crippen LogP contribution in [0.4, 0.5) is 0 Å². The molecule has 2 heterocycles. The van der Waals surface area contributed by atoms with E-state index in [1.54, 1.807) is 0 Å². The van der Waals surface area contributed by atoms with Crippen LogP contribution in [0.25, 0.3) is 0 Å². The van der Waals surface area contributed by atoms with E-state index in [1.165, 1.54) is 10.4 Å². The van der Waals surface area contributed by atoms with Gasteiger partial charge < -0.3 is 5.32 Å². The molecule has 0 radical (unpaired) electrons. The van der Waals surface area contributed by atoms with Crippen LogP contribution in [0, 0.1) is 6.92 Å². The maximum atomic E-state index is 3.41. The molecule has 1 N–H and O–H groups in total. The highest BCUT2D eigenvalue weighted by Gasteiger charge is 2.25. The summed E-state index contributed by atoms with van der Waals surface area (Å²) in [4.78, 5) is 6.38. The Balaban J connectivity index is 2.19. The molecule has 2 rings (SSSR count). The third kappa shape index (κ3) is 2.46. The van der Waals surface area contributed by atoms with Crippen molar-refractivity contribution in [3.63, 3.8) is 0 Å². The van der Waals surface area contributed by atoms with Crippen molar-refractivity contribution in [3.8, 4) is 0 Å². The zero-order valence-corrected chi connectivity index (χ0v) is 11.2. The molecular formula is C12H21N3S. The normalized spacial score (nSPS) is 20.2. The number of rotatable bonds is 3. The Morgan fingerprint density at radius 2 is 2.06 bits per heavy atom. The van der Waals surface area contributed by atoms with Crippen LogP contribution in [-0.4, -0.2) is 50.1 Å². The molecule has 0 bridgehead atoms. The summed E-state index contributed by atoms with van der Waals surface area (Å²) in [6.45, 7) is 6.70.